The van der Waals surface area contributed by atoms with Crippen LogP contribution >= 0.6 is 0 Å². The first-order chi connectivity index (χ1) is 15.2. The first-order valence-electron chi connectivity index (χ1n) is 10.4. The van der Waals surface area contributed by atoms with Crippen molar-refractivity contribution in [1.82, 2.24) is 20.1 Å². The SMILES string of the molecule is O=C(NCCc1c[nH]c2ccccc12)c1ccc(CN2C(=O)CCn3nccc32)cc1. The third kappa shape index (κ3) is 3.82. The predicted octanol–water partition coefficient (Wildman–Crippen LogP) is 3.27. The maximum Gasteiger partial charge on any atom is 0.251 e. The van der Waals surface area contributed by atoms with E-state index in [4.69, 9.17) is 0 Å². The van der Waals surface area contributed by atoms with E-state index in [9.17, 15) is 9.59 Å². The van der Waals surface area contributed by atoms with Crippen LogP contribution in [-0.4, -0.2) is 33.1 Å². The lowest BCUT2D eigenvalue weighted by Crippen LogP contribution is -2.36. The van der Waals surface area contributed by atoms with Crippen molar-refractivity contribution in [2.45, 2.75) is 25.9 Å². The Morgan fingerprint density at radius 2 is 1.94 bits per heavy atom. The van der Waals surface area contributed by atoms with Crippen molar-refractivity contribution >= 4 is 28.5 Å². The van der Waals surface area contributed by atoms with Gasteiger partial charge in [-0.15, -0.1) is 0 Å². The van der Waals surface area contributed by atoms with Gasteiger partial charge in [0.15, 0.2) is 0 Å². The molecule has 0 bridgehead atoms. The molecule has 0 fully saturated rings. The van der Waals surface area contributed by atoms with Gasteiger partial charge in [-0.3, -0.25) is 14.5 Å². The molecular formula is C24H23N5O2. The van der Waals surface area contributed by atoms with Crippen LogP contribution in [0.15, 0.2) is 67.0 Å². The van der Waals surface area contributed by atoms with Crippen LogP contribution in [0.1, 0.15) is 27.9 Å². The molecule has 0 aliphatic carbocycles. The smallest absolute Gasteiger partial charge is 0.251 e. The third-order valence-electron chi connectivity index (χ3n) is 5.72. The van der Waals surface area contributed by atoms with Gasteiger partial charge in [0.05, 0.1) is 19.3 Å². The number of rotatable bonds is 6. The molecule has 5 rings (SSSR count). The Balaban J connectivity index is 1.19. The van der Waals surface area contributed by atoms with Crippen LogP contribution in [0.3, 0.4) is 0 Å². The molecule has 0 unspecified atom stereocenters. The summed E-state index contributed by atoms with van der Waals surface area (Å²) < 4.78 is 1.84. The number of benzene rings is 2. The van der Waals surface area contributed by atoms with Gasteiger partial charge in [0.25, 0.3) is 5.91 Å². The average molecular weight is 413 g/mol. The van der Waals surface area contributed by atoms with E-state index in [0.717, 1.165) is 23.3 Å². The summed E-state index contributed by atoms with van der Waals surface area (Å²) in [6.45, 7) is 1.65. The van der Waals surface area contributed by atoms with Crippen molar-refractivity contribution in [3.05, 3.63) is 83.7 Å². The number of para-hydroxylation sites is 1. The zero-order chi connectivity index (χ0) is 21.2. The van der Waals surface area contributed by atoms with Crippen LogP contribution < -0.4 is 10.2 Å². The standard InChI is InChI=1S/C24H23N5O2/c30-23-11-14-29-22(10-13-27-29)28(23)16-17-5-7-18(8-6-17)24(31)25-12-9-19-15-26-21-4-2-1-3-20(19)21/h1-8,10,13,15,26H,9,11-12,14,16H2,(H,25,31). The summed E-state index contributed by atoms with van der Waals surface area (Å²) in [4.78, 5) is 29.9. The highest BCUT2D eigenvalue weighted by Gasteiger charge is 2.24. The molecule has 156 valence electrons. The third-order valence-corrected chi connectivity index (χ3v) is 5.72. The Morgan fingerprint density at radius 1 is 1.10 bits per heavy atom. The number of carbonyl (C=O) groups is 2. The molecule has 0 atom stereocenters. The Kier molecular flexibility index (Phi) is 5.00. The highest BCUT2D eigenvalue weighted by Crippen LogP contribution is 2.23. The summed E-state index contributed by atoms with van der Waals surface area (Å²) in [6.07, 6.45) is 4.92. The van der Waals surface area contributed by atoms with Gasteiger partial charge in [-0.1, -0.05) is 30.3 Å². The minimum absolute atomic E-state index is 0.0899. The lowest BCUT2D eigenvalue weighted by Gasteiger charge is -2.27. The Morgan fingerprint density at radius 3 is 2.81 bits per heavy atom. The van der Waals surface area contributed by atoms with Crippen LogP contribution in [0.4, 0.5) is 5.82 Å². The van der Waals surface area contributed by atoms with E-state index in [1.165, 1.54) is 10.9 Å². The first kappa shape index (κ1) is 19.1. The van der Waals surface area contributed by atoms with Crippen molar-refractivity contribution in [1.29, 1.82) is 0 Å². The molecule has 7 heteroatoms. The fourth-order valence-corrected chi connectivity index (χ4v) is 4.06. The molecule has 3 heterocycles. The number of nitrogens with one attached hydrogen (secondary N) is 2. The van der Waals surface area contributed by atoms with Crippen molar-refractivity contribution in [2.75, 3.05) is 11.4 Å². The zero-order valence-corrected chi connectivity index (χ0v) is 17.0. The first-order valence-corrected chi connectivity index (χ1v) is 10.4. The van der Waals surface area contributed by atoms with E-state index >= 15 is 0 Å². The molecule has 1 aliphatic rings. The fraction of sp³-hybridized carbons (Fsp3) is 0.208. The summed E-state index contributed by atoms with van der Waals surface area (Å²) in [5.74, 6) is 0.806. The number of fused-ring (bicyclic) bond motifs is 2. The Bertz CT molecular complexity index is 1240. The van der Waals surface area contributed by atoms with Crippen LogP contribution in [-0.2, 0) is 24.3 Å². The van der Waals surface area contributed by atoms with Crippen LogP contribution in [0.5, 0.6) is 0 Å². The summed E-state index contributed by atoms with van der Waals surface area (Å²) in [5.41, 5.74) is 3.88. The van der Waals surface area contributed by atoms with Crippen molar-refractivity contribution < 1.29 is 9.59 Å². The van der Waals surface area contributed by atoms with Gasteiger partial charge in [0.1, 0.15) is 5.82 Å². The second kappa shape index (κ2) is 8.10. The summed E-state index contributed by atoms with van der Waals surface area (Å²) >= 11 is 0. The molecular weight excluding hydrogens is 390 g/mol. The lowest BCUT2D eigenvalue weighted by atomic mass is 10.1. The van der Waals surface area contributed by atoms with E-state index in [-0.39, 0.29) is 11.8 Å². The molecule has 0 radical (unpaired) electrons. The topological polar surface area (TPSA) is 83.0 Å². The van der Waals surface area contributed by atoms with Crippen LogP contribution in [0.2, 0.25) is 0 Å². The van der Waals surface area contributed by atoms with E-state index in [2.05, 4.69) is 21.5 Å². The molecule has 2 aromatic heterocycles. The van der Waals surface area contributed by atoms with Crippen LogP contribution in [0, 0.1) is 0 Å². The maximum absolute atomic E-state index is 12.5. The largest absolute Gasteiger partial charge is 0.361 e. The number of hydrogen-bond donors (Lipinski definition) is 2. The molecule has 0 saturated heterocycles. The lowest BCUT2D eigenvalue weighted by molar-refractivity contribution is -0.119. The molecule has 0 spiro atoms. The Labute approximate surface area is 179 Å². The van der Waals surface area contributed by atoms with Crippen LogP contribution in [0.25, 0.3) is 10.9 Å². The number of carbonyl (C=O) groups excluding carboxylic acids is 2. The molecule has 2 N–H and O–H groups in total. The molecule has 1 aliphatic heterocycles. The fourth-order valence-electron chi connectivity index (χ4n) is 4.06. The quantitative estimate of drug-likeness (QED) is 0.509. The molecule has 31 heavy (non-hydrogen) atoms. The van der Waals surface area contributed by atoms with Gasteiger partial charge in [-0.2, -0.15) is 5.10 Å². The number of anilines is 1. The number of aromatic nitrogens is 3. The van der Waals surface area contributed by atoms with E-state index in [1.807, 2.05) is 59.4 Å². The predicted molar refractivity (Wildman–Crippen MR) is 119 cm³/mol. The van der Waals surface area contributed by atoms with Crippen molar-refractivity contribution in [3.63, 3.8) is 0 Å². The van der Waals surface area contributed by atoms with Gasteiger partial charge in [0.2, 0.25) is 5.91 Å². The second-order valence-electron chi connectivity index (χ2n) is 7.70. The van der Waals surface area contributed by atoms with E-state index < -0.39 is 0 Å². The number of aromatic amines is 1. The number of amides is 2. The van der Waals surface area contributed by atoms with Gasteiger partial charge in [-0.05, 0) is 35.7 Å². The zero-order valence-electron chi connectivity index (χ0n) is 17.0. The Hall–Kier alpha value is -3.87. The molecule has 2 amide bonds. The van der Waals surface area contributed by atoms with Gasteiger partial charge < -0.3 is 10.3 Å². The van der Waals surface area contributed by atoms with Gasteiger partial charge in [-0.25, -0.2) is 4.68 Å². The van der Waals surface area contributed by atoms with E-state index in [1.54, 1.807) is 11.1 Å². The molecule has 4 aromatic rings. The minimum Gasteiger partial charge on any atom is -0.361 e. The van der Waals surface area contributed by atoms with Gasteiger partial charge in [0, 0.05) is 41.7 Å². The number of hydrogen-bond acceptors (Lipinski definition) is 3. The highest BCUT2D eigenvalue weighted by molar-refractivity contribution is 5.95. The summed E-state index contributed by atoms with van der Waals surface area (Å²) in [5, 5.41) is 8.43. The normalized spacial score (nSPS) is 13.4. The molecule has 7 nitrogen and oxygen atoms in total. The second-order valence-corrected chi connectivity index (χ2v) is 7.70. The summed E-state index contributed by atoms with van der Waals surface area (Å²) in [7, 11) is 0. The average Bonchev–Trinajstić information content (AvgIpc) is 3.43. The molecule has 2 aromatic carbocycles. The number of nitrogens with zero attached hydrogens (tertiary/aromatic N) is 3. The summed E-state index contributed by atoms with van der Waals surface area (Å²) in [6, 6.07) is 17.4. The minimum atomic E-state index is -0.0986. The molecule has 0 saturated carbocycles. The van der Waals surface area contributed by atoms with Crippen molar-refractivity contribution in [3.8, 4) is 0 Å². The monoisotopic (exact) mass is 413 g/mol. The van der Waals surface area contributed by atoms with Crippen molar-refractivity contribution in [2.24, 2.45) is 0 Å². The number of H-pyrrole nitrogens is 1. The van der Waals surface area contributed by atoms with Gasteiger partial charge >= 0.3 is 0 Å². The number of aryl methyl sites for hydroxylation is 1. The maximum atomic E-state index is 12.5. The van der Waals surface area contributed by atoms with E-state index in [0.29, 0.717) is 31.6 Å². The highest BCUT2D eigenvalue weighted by atomic mass is 16.2.